The van der Waals surface area contributed by atoms with Crippen molar-refractivity contribution in [2.24, 2.45) is 23.7 Å². The molecule has 2 aromatic rings. The van der Waals surface area contributed by atoms with Crippen molar-refractivity contribution in [1.82, 2.24) is 9.97 Å². The summed E-state index contributed by atoms with van der Waals surface area (Å²) in [4.78, 5) is 9.16. The van der Waals surface area contributed by atoms with Crippen LogP contribution in [0.5, 0.6) is 0 Å². The lowest BCUT2D eigenvalue weighted by Gasteiger charge is -2.08. The average molecular weight is 288 g/mol. The van der Waals surface area contributed by atoms with Gasteiger partial charge in [-0.1, -0.05) is 38.1 Å². The maximum atomic E-state index is 4.58. The molecule has 2 aliphatic rings. The van der Waals surface area contributed by atoms with E-state index >= 15 is 0 Å². The summed E-state index contributed by atoms with van der Waals surface area (Å²) in [6.45, 7) is 4.60. The maximum absolute atomic E-state index is 4.58. The van der Waals surface area contributed by atoms with Crippen molar-refractivity contribution in [2.75, 3.05) is 0 Å². The monoisotopic (exact) mass is 288 g/mol. The van der Waals surface area contributed by atoms with Gasteiger partial charge in [0.2, 0.25) is 0 Å². The van der Waals surface area contributed by atoms with Crippen LogP contribution in [0.3, 0.4) is 0 Å². The fourth-order valence-corrected chi connectivity index (χ4v) is 3.83. The first-order valence-corrected chi connectivity index (χ1v) is 8.02. The highest BCUT2D eigenvalue weighted by atomic mass is 14.7. The van der Waals surface area contributed by atoms with Crippen LogP contribution in [0.25, 0.3) is 11.1 Å². The molecule has 1 fully saturated rings. The van der Waals surface area contributed by atoms with E-state index in [4.69, 9.17) is 0 Å². The minimum Gasteiger partial charge on any atom is -0.257 e. The Morgan fingerprint density at radius 3 is 1.64 bits per heavy atom. The van der Waals surface area contributed by atoms with Gasteiger partial charge in [-0.2, -0.15) is 0 Å². The lowest BCUT2D eigenvalue weighted by molar-refractivity contribution is 0.860. The smallest absolute Gasteiger partial charge is 0.0661 e. The Kier molecular flexibility index (Phi) is 3.18. The van der Waals surface area contributed by atoms with Gasteiger partial charge in [0.25, 0.3) is 0 Å². The largest absolute Gasteiger partial charge is 0.257 e. The van der Waals surface area contributed by atoms with Gasteiger partial charge in [-0.25, -0.2) is 0 Å². The van der Waals surface area contributed by atoms with E-state index in [1.54, 1.807) is 0 Å². The maximum Gasteiger partial charge on any atom is 0.0661 e. The molecule has 1 saturated carbocycles. The van der Waals surface area contributed by atoms with E-state index in [0.29, 0.717) is 23.7 Å². The SMILES string of the molecule is CC1C=C(c2ccccn2)C2C(C)C2C(c2ccccn2)=C1. The number of hydrogen-bond donors (Lipinski definition) is 0. The number of hydrogen-bond acceptors (Lipinski definition) is 2. The Morgan fingerprint density at radius 2 is 1.23 bits per heavy atom. The molecule has 0 amide bonds. The number of allylic oxidation sites excluding steroid dienone is 4. The van der Waals surface area contributed by atoms with Crippen molar-refractivity contribution < 1.29 is 0 Å². The van der Waals surface area contributed by atoms with Crippen molar-refractivity contribution in [2.45, 2.75) is 13.8 Å². The van der Waals surface area contributed by atoms with Crippen LogP contribution in [0.1, 0.15) is 25.2 Å². The van der Waals surface area contributed by atoms with Crippen LogP contribution in [0, 0.1) is 23.7 Å². The molecule has 0 aliphatic heterocycles. The van der Waals surface area contributed by atoms with E-state index < -0.39 is 0 Å². The summed E-state index contributed by atoms with van der Waals surface area (Å²) < 4.78 is 0. The van der Waals surface area contributed by atoms with E-state index in [-0.39, 0.29) is 0 Å². The fourth-order valence-electron chi connectivity index (χ4n) is 3.83. The molecule has 2 aromatic heterocycles. The first kappa shape index (κ1) is 13.4. The third kappa shape index (κ3) is 2.19. The highest BCUT2D eigenvalue weighted by Gasteiger charge is 2.52. The van der Waals surface area contributed by atoms with Crippen LogP contribution in [-0.2, 0) is 0 Å². The zero-order chi connectivity index (χ0) is 15.1. The lowest BCUT2D eigenvalue weighted by atomic mass is 10.00. The summed E-state index contributed by atoms with van der Waals surface area (Å²) in [5.74, 6) is 2.23. The van der Waals surface area contributed by atoms with E-state index in [9.17, 15) is 0 Å². The summed E-state index contributed by atoms with van der Waals surface area (Å²) in [6.07, 6.45) is 8.56. The summed E-state index contributed by atoms with van der Waals surface area (Å²) in [7, 11) is 0. The molecule has 2 atom stereocenters. The van der Waals surface area contributed by atoms with Gasteiger partial charge in [0.15, 0.2) is 0 Å². The second-order valence-electron chi connectivity index (χ2n) is 6.44. The molecule has 110 valence electrons. The van der Waals surface area contributed by atoms with E-state index in [1.165, 1.54) is 11.1 Å². The van der Waals surface area contributed by atoms with Crippen LogP contribution in [0.4, 0.5) is 0 Å². The molecule has 0 N–H and O–H groups in total. The van der Waals surface area contributed by atoms with Crippen LogP contribution in [0.2, 0.25) is 0 Å². The third-order valence-electron chi connectivity index (χ3n) is 4.90. The molecule has 2 unspecified atom stereocenters. The molecular weight excluding hydrogens is 268 g/mol. The highest BCUT2D eigenvalue weighted by Crippen LogP contribution is 2.60. The minimum absolute atomic E-state index is 0.411. The van der Waals surface area contributed by atoms with Crippen molar-refractivity contribution >= 4 is 11.1 Å². The molecule has 2 aliphatic carbocycles. The lowest BCUT2D eigenvalue weighted by Crippen LogP contribution is -1.94. The van der Waals surface area contributed by atoms with Crippen molar-refractivity contribution in [3.05, 3.63) is 72.3 Å². The second-order valence-corrected chi connectivity index (χ2v) is 6.44. The van der Waals surface area contributed by atoms with Gasteiger partial charge < -0.3 is 0 Å². The quantitative estimate of drug-likeness (QED) is 0.814. The third-order valence-corrected chi connectivity index (χ3v) is 4.90. The van der Waals surface area contributed by atoms with E-state index in [1.807, 2.05) is 24.5 Å². The standard InChI is InChI=1S/C20H20N2/c1-13-11-15(17-7-3-5-9-21-17)19-14(2)20(19)16(12-13)18-8-4-6-10-22-18/h3-14,19-20H,1-2H3. The van der Waals surface area contributed by atoms with Crippen LogP contribution >= 0.6 is 0 Å². The number of nitrogens with zero attached hydrogens (tertiary/aromatic N) is 2. The normalized spacial score (nSPS) is 29.9. The van der Waals surface area contributed by atoms with Gasteiger partial charge in [-0.15, -0.1) is 0 Å². The topological polar surface area (TPSA) is 25.8 Å². The molecule has 0 radical (unpaired) electrons. The summed E-state index contributed by atoms with van der Waals surface area (Å²) >= 11 is 0. The predicted octanol–water partition coefficient (Wildman–Crippen LogP) is 4.48. The molecule has 2 nitrogen and oxygen atoms in total. The van der Waals surface area contributed by atoms with E-state index in [0.717, 1.165) is 11.4 Å². The molecule has 0 saturated heterocycles. The van der Waals surface area contributed by atoms with Gasteiger partial charge in [0.05, 0.1) is 11.4 Å². The van der Waals surface area contributed by atoms with Gasteiger partial charge >= 0.3 is 0 Å². The van der Waals surface area contributed by atoms with Gasteiger partial charge in [0, 0.05) is 12.4 Å². The van der Waals surface area contributed by atoms with Crippen LogP contribution in [-0.4, -0.2) is 9.97 Å². The van der Waals surface area contributed by atoms with Gasteiger partial charge in [-0.3, -0.25) is 9.97 Å². The zero-order valence-corrected chi connectivity index (χ0v) is 13.0. The van der Waals surface area contributed by atoms with Gasteiger partial charge in [-0.05, 0) is 59.1 Å². The fraction of sp³-hybridized carbons (Fsp3) is 0.300. The summed E-state index contributed by atoms with van der Waals surface area (Å²) in [5.41, 5.74) is 5.08. The van der Waals surface area contributed by atoms with E-state index in [2.05, 4.69) is 60.2 Å². The van der Waals surface area contributed by atoms with Crippen LogP contribution < -0.4 is 0 Å². The zero-order valence-electron chi connectivity index (χ0n) is 13.0. The van der Waals surface area contributed by atoms with Crippen molar-refractivity contribution in [1.29, 1.82) is 0 Å². The molecule has 4 rings (SSSR count). The molecule has 0 spiro atoms. The Bertz CT molecular complexity index is 667. The van der Waals surface area contributed by atoms with Crippen molar-refractivity contribution in [3.63, 3.8) is 0 Å². The number of rotatable bonds is 2. The Labute approximate surface area is 131 Å². The molecule has 0 bridgehead atoms. The molecule has 2 heteroatoms. The Hall–Kier alpha value is -2.22. The Morgan fingerprint density at radius 1 is 0.727 bits per heavy atom. The minimum atomic E-state index is 0.411. The average Bonchev–Trinajstić information content (AvgIpc) is 3.25. The van der Waals surface area contributed by atoms with Crippen molar-refractivity contribution in [3.8, 4) is 0 Å². The van der Waals surface area contributed by atoms with Crippen LogP contribution in [0.15, 0.2) is 60.9 Å². The number of fused-ring (bicyclic) bond motifs is 1. The summed E-state index contributed by atoms with van der Waals surface area (Å²) in [6, 6.07) is 12.4. The first-order valence-electron chi connectivity index (χ1n) is 8.02. The Balaban J connectivity index is 1.74. The highest BCUT2D eigenvalue weighted by molar-refractivity contribution is 5.79. The predicted molar refractivity (Wildman–Crippen MR) is 89.7 cm³/mol. The van der Waals surface area contributed by atoms with Gasteiger partial charge in [0.1, 0.15) is 0 Å². The molecular formula is C20H20N2. The molecule has 0 aromatic carbocycles. The summed E-state index contributed by atoms with van der Waals surface area (Å²) in [5, 5.41) is 0. The molecule has 2 heterocycles. The first-order chi connectivity index (χ1) is 10.8. The molecule has 22 heavy (non-hydrogen) atoms. The number of aromatic nitrogens is 2. The second kappa shape index (κ2) is 5.20. The number of pyridine rings is 2.